The van der Waals surface area contributed by atoms with Gasteiger partial charge in [-0.15, -0.1) is 0 Å². The molecule has 0 saturated carbocycles. The smallest absolute Gasteiger partial charge is 0.269 e. The fourth-order valence-electron chi connectivity index (χ4n) is 2.10. The van der Waals surface area contributed by atoms with Gasteiger partial charge >= 0.3 is 0 Å². The first-order chi connectivity index (χ1) is 10.9. The Balaban J connectivity index is 2.39. The van der Waals surface area contributed by atoms with Crippen LogP contribution in [0, 0.1) is 0 Å². The van der Waals surface area contributed by atoms with Crippen LogP contribution >= 0.6 is 11.6 Å². The predicted molar refractivity (Wildman–Crippen MR) is 89.5 cm³/mol. The Bertz CT molecular complexity index is 784. The Morgan fingerprint density at radius 3 is 2.26 bits per heavy atom. The fraction of sp³-hybridized carbons (Fsp3) is 0.188. The van der Waals surface area contributed by atoms with Gasteiger partial charge in [0.1, 0.15) is 12.4 Å². The molecule has 0 saturated heterocycles. The van der Waals surface area contributed by atoms with Crippen LogP contribution in [0.2, 0.25) is 5.02 Å². The summed E-state index contributed by atoms with van der Waals surface area (Å²) in [6.45, 7) is 0.470. The van der Waals surface area contributed by atoms with E-state index in [1.54, 1.807) is 59.4 Å². The molecule has 7 heteroatoms. The van der Waals surface area contributed by atoms with E-state index in [4.69, 9.17) is 16.7 Å². The van der Waals surface area contributed by atoms with Crippen molar-refractivity contribution in [3.05, 3.63) is 64.9 Å². The molecule has 0 aliphatic carbocycles. The van der Waals surface area contributed by atoms with Gasteiger partial charge in [0.05, 0.1) is 0 Å². The number of rotatable bonds is 6. The second-order valence-electron chi connectivity index (χ2n) is 5.00. The Kier molecular flexibility index (Phi) is 5.90. The summed E-state index contributed by atoms with van der Waals surface area (Å²) in [4.78, 5) is 0. The first kappa shape index (κ1) is 17.6. The van der Waals surface area contributed by atoms with Gasteiger partial charge < -0.3 is 5.11 Å². The molecule has 0 unspecified atom stereocenters. The Morgan fingerprint density at radius 2 is 1.74 bits per heavy atom. The molecule has 2 rings (SSSR count). The summed E-state index contributed by atoms with van der Waals surface area (Å²) in [7, 11) is -4.16. The van der Waals surface area contributed by atoms with Crippen LogP contribution in [0.25, 0.3) is 11.6 Å². The SMILES string of the molecule is O=S(=O)(O)C/C(=C\c1ccc(Cl)cc1)c1cc[n+](CCO)cc1. The van der Waals surface area contributed by atoms with Gasteiger partial charge in [0.15, 0.2) is 18.9 Å². The van der Waals surface area contributed by atoms with Gasteiger partial charge in [-0.2, -0.15) is 8.42 Å². The molecular formula is C16H17ClNO4S+. The zero-order valence-electron chi connectivity index (χ0n) is 12.3. The summed E-state index contributed by atoms with van der Waals surface area (Å²) in [5.74, 6) is -0.486. The summed E-state index contributed by atoms with van der Waals surface area (Å²) in [6.07, 6.45) is 5.17. The normalized spacial score (nSPS) is 12.4. The van der Waals surface area contributed by atoms with Gasteiger partial charge in [0, 0.05) is 17.2 Å². The minimum Gasteiger partial charge on any atom is -0.390 e. The summed E-state index contributed by atoms with van der Waals surface area (Å²) < 4.78 is 33.5. The van der Waals surface area contributed by atoms with E-state index in [0.29, 0.717) is 22.7 Å². The zero-order chi connectivity index (χ0) is 16.9. The average molecular weight is 355 g/mol. The summed E-state index contributed by atoms with van der Waals surface area (Å²) in [5.41, 5.74) is 1.91. The lowest BCUT2D eigenvalue weighted by atomic mass is 10.1. The van der Waals surface area contributed by atoms with Crippen molar-refractivity contribution in [3.63, 3.8) is 0 Å². The van der Waals surface area contributed by atoms with Crippen LogP contribution in [0.15, 0.2) is 48.8 Å². The van der Waals surface area contributed by atoms with Crippen LogP contribution in [-0.2, 0) is 16.7 Å². The molecule has 0 spiro atoms. The highest BCUT2D eigenvalue weighted by Gasteiger charge is 2.13. The summed E-state index contributed by atoms with van der Waals surface area (Å²) >= 11 is 5.84. The molecule has 1 heterocycles. The van der Waals surface area contributed by atoms with Gasteiger partial charge in [-0.3, -0.25) is 4.55 Å². The van der Waals surface area contributed by atoms with E-state index >= 15 is 0 Å². The van der Waals surface area contributed by atoms with Crippen LogP contribution in [-0.4, -0.2) is 30.4 Å². The second kappa shape index (κ2) is 7.70. The lowest BCUT2D eigenvalue weighted by Gasteiger charge is -2.06. The lowest BCUT2D eigenvalue weighted by Crippen LogP contribution is -2.34. The molecule has 0 radical (unpaired) electrons. The number of hydrogen-bond acceptors (Lipinski definition) is 3. The minimum absolute atomic E-state index is 0.0164. The van der Waals surface area contributed by atoms with E-state index in [1.165, 1.54) is 0 Å². The van der Waals surface area contributed by atoms with Gasteiger partial charge in [0.2, 0.25) is 0 Å². The summed E-state index contributed by atoms with van der Waals surface area (Å²) in [5, 5.41) is 9.50. The van der Waals surface area contributed by atoms with Gasteiger partial charge in [-0.1, -0.05) is 29.8 Å². The van der Waals surface area contributed by atoms with Crippen LogP contribution in [0.3, 0.4) is 0 Å². The average Bonchev–Trinajstić information content (AvgIpc) is 2.49. The molecule has 122 valence electrons. The number of aliphatic hydroxyl groups excluding tert-OH is 1. The zero-order valence-corrected chi connectivity index (χ0v) is 13.8. The number of aromatic nitrogens is 1. The fourth-order valence-corrected chi connectivity index (χ4v) is 2.87. The molecule has 0 aliphatic heterocycles. The Morgan fingerprint density at radius 1 is 1.13 bits per heavy atom. The van der Waals surface area contributed by atoms with E-state index in [2.05, 4.69) is 0 Å². The van der Waals surface area contributed by atoms with E-state index in [1.807, 2.05) is 0 Å². The quantitative estimate of drug-likeness (QED) is 0.614. The van der Waals surface area contributed by atoms with Crippen molar-refractivity contribution in [1.82, 2.24) is 0 Å². The van der Waals surface area contributed by atoms with Crippen LogP contribution in [0.4, 0.5) is 0 Å². The first-order valence-corrected chi connectivity index (χ1v) is 8.88. The largest absolute Gasteiger partial charge is 0.390 e. The molecule has 0 aliphatic rings. The number of aliphatic hydroxyl groups is 1. The number of pyridine rings is 1. The van der Waals surface area contributed by atoms with Crippen molar-refractivity contribution in [2.45, 2.75) is 6.54 Å². The molecule has 2 aromatic rings. The van der Waals surface area contributed by atoms with Crippen molar-refractivity contribution < 1.29 is 22.6 Å². The highest BCUT2D eigenvalue weighted by atomic mass is 35.5. The molecular weight excluding hydrogens is 338 g/mol. The van der Waals surface area contributed by atoms with E-state index < -0.39 is 15.9 Å². The number of benzene rings is 1. The second-order valence-corrected chi connectivity index (χ2v) is 6.88. The standard InChI is InChI=1S/C16H16ClNO4S/c17-16-3-1-13(2-4-16)11-15(12-23(20,21)22)14-5-7-18(8-6-14)9-10-19/h1-8,11,19H,9-10,12H2/p+1/b15-11+. The van der Waals surface area contributed by atoms with Crippen molar-refractivity contribution >= 4 is 33.4 Å². The predicted octanol–water partition coefficient (Wildman–Crippen LogP) is 2.05. The molecule has 0 fully saturated rings. The lowest BCUT2D eigenvalue weighted by molar-refractivity contribution is -0.698. The minimum atomic E-state index is -4.16. The molecule has 0 bridgehead atoms. The first-order valence-electron chi connectivity index (χ1n) is 6.89. The molecule has 5 nitrogen and oxygen atoms in total. The molecule has 0 amide bonds. The summed E-state index contributed by atoms with van der Waals surface area (Å²) in [6, 6.07) is 10.4. The third-order valence-electron chi connectivity index (χ3n) is 3.17. The van der Waals surface area contributed by atoms with Crippen molar-refractivity contribution in [2.75, 3.05) is 12.4 Å². The van der Waals surface area contributed by atoms with Crippen LogP contribution < -0.4 is 4.57 Å². The number of hydrogen-bond donors (Lipinski definition) is 2. The maximum atomic E-state index is 11.3. The van der Waals surface area contributed by atoms with Crippen molar-refractivity contribution in [3.8, 4) is 0 Å². The molecule has 2 N–H and O–H groups in total. The maximum Gasteiger partial charge on any atom is 0.269 e. The highest BCUT2D eigenvalue weighted by molar-refractivity contribution is 7.86. The third kappa shape index (κ3) is 5.76. The number of nitrogens with zero attached hydrogens (tertiary/aromatic N) is 1. The number of halogens is 1. The molecule has 1 aromatic carbocycles. The molecule has 23 heavy (non-hydrogen) atoms. The van der Waals surface area contributed by atoms with Gasteiger partial charge in [-0.25, -0.2) is 4.57 Å². The van der Waals surface area contributed by atoms with Crippen LogP contribution in [0.5, 0.6) is 0 Å². The molecule has 1 aromatic heterocycles. The van der Waals surface area contributed by atoms with E-state index in [9.17, 15) is 13.0 Å². The van der Waals surface area contributed by atoms with Crippen molar-refractivity contribution in [2.24, 2.45) is 0 Å². The van der Waals surface area contributed by atoms with Gasteiger partial charge in [-0.05, 0) is 28.8 Å². The monoisotopic (exact) mass is 354 g/mol. The van der Waals surface area contributed by atoms with E-state index in [-0.39, 0.29) is 6.61 Å². The third-order valence-corrected chi connectivity index (χ3v) is 4.10. The topological polar surface area (TPSA) is 78.5 Å². The Hall–Kier alpha value is -1.73. The highest BCUT2D eigenvalue weighted by Crippen LogP contribution is 2.20. The van der Waals surface area contributed by atoms with Gasteiger partial charge in [0.25, 0.3) is 10.1 Å². The van der Waals surface area contributed by atoms with Crippen LogP contribution in [0.1, 0.15) is 11.1 Å². The molecule has 0 atom stereocenters. The van der Waals surface area contributed by atoms with E-state index in [0.717, 1.165) is 5.56 Å². The maximum absolute atomic E-state index is 11.3. The Labute approximate surface area is 140 Å². The van der Waals surface area contributed by atoms with Crippen molar-refractivity contribution in [1.29, 1.82) is 0 Å².